The first-order valence-corrected chi connectivity index (χ1v) is 20.8. The van der Waals surface area contributed by atoms with Crippen LogP contribution in [0.3, 0.4) is 0 Å². The minimum Gasteiger partial charge on any atom is -0.457 e. The number of aromatic nitrogens is 1. The largest absolute Gasteiger partial charge is 0.457 e. The summed E-state index contributed by atoms with van der Waals surface area (Å²) in [5, 5.41) is 4.88. The lowest BCUT2D eigenvalue weighted by Crippen LogP contribution is -2.00. The molecule has 1 aliphatic rings. The molecule has 9 aromatic rings. The van der Waals surface area contributed by atoms with Gasteiger partial charge in [-0.25, -0.2) is 0 Å². The molecule has 0 amide bonds. The van der Waals surface area contributed by atoms with Crippen LogP contribution in [0.15, 0.2) is 199 Å². The molecule has 0 aliphatic heterocycles. The summed E-state index contributed by atoms with van der Waals surface area (Å²) in [5.41, 5.74) is 16.4. The van der Waals surface area contributed by atoms with Crippen LogP contribution in [-0.4, -0.2) is 4.57 Å². The second-order valence-electron chi connectivity index (χ2n) is 15.7. The van der Waals surface area contributed by atoms with Crippen molar-refractivity contribution < 1.29 is 9.15 Å². The lowest BCUT2D eigenvalue weighted by molar-refractivity contribution is 0.441. The van der Waals surface area contributed by atoms with Crippen molar-refractivity contribution in [3.05, 3.63) is 228 Å². The molecule has 0 spiro atoms. The van der Waals surface area contributed by atoms with Gasteiger partial charge < -0.3 is 13.7 Å². The number of para-hydroxylation sites is 3. The van der Waals surface area contributed by atoms with Crippen molar-refractivity contribution in [1.29, 1.82) is 0 Å². The summed E-state index contributed by atoms with van der Waals surface area (Å²) in [4.78, 5) is 0. The van der Waals surface area contributed by atoms with Gasteiger partial charge >= 0.3 is 0 Å². The Morgan fingerprint density at radius 1 is 0.683 bits per heavy atom. The molecule has 2 aromatic heterocycles. The van der Waals surface area contributed by atoms with Gasteiger partial charge in [0.05, 0.1) is 11.0 Å². The molecule has 3 heteroatoms. The molecule has 3 nitrogen and oxygen atoms in total. The zero-order valence-electron chi connectivity index (χ0n) is 34.0. The highest BCUT2D eigenvalue weighted by atomic mass is 16.5. The highest BCUT2D eigenvalue weighted by Crippen LogP contribution is 2.43. The highest BCUT2D eigenvalue weighted by Gasteiger charge is 2.21. The average Bonchev–Trinajstić information content (AvgIpc) is 3.73. The van der Waals surface area contributed by atoms with Crippen LogP contribution in [0.25, 0.3) is 72.2 Å². The molecule has 0 unspecified atom stereocenters. The molecule has 0 fully saturated rings. The van der Waals surface area contributed by atoms with Crippen LogP contribution in [-0.2, 0) is 12.8 Å². The van der Waals surface area contributed by atoms with E-state index in [0.29, 0.717) is 0 Å². The minimum absolute atomic E-state index is 0.806. The van der Waals surface area contributed by atoms with Crippen molar-refractivity contribution in [2.24, 2.45) is 0 Å². The summed E-state index contributed by atoms with van der Waals surface area (Å²) in [6, 6.07) is 52.4. The molecule has 0 atom stereocenters. The molecule has 0 saturated carbocycles. The maximum Gasteiger partial charge on any atom is 0.135 e. The van der Waals surface area contributed by atoms with E-state index in [2.05, 4.69) is 177 Å². The summed E-state index contributed by atoms with van der Waals surface area (Å²) in [6.07, 6.45) is 17.0. The number of aryl methyl sites for hydroxylation is 4. The van der Waals surface area contributed by atoms with Crippen LogP contribution in [0.2, 0.25) is 0 Å². The Kier molecular flexibility index (Phi) is 9.71. The summed E-state index contributed by atoms with van der Waals surface area (Å²) < 4.78 is 15.2. The van der Waals surface area contributed by atoms with Gasteiger partial charge in [-0.15, -0.1) is 0 Å². The number of hydrogen-bond acceptors (Lipinski definition) is 2. The fraction of sp³-hybridized carbons (Fsp3) is 0.0877. The Bertz CT molecular complexity index is 3230. The Morgan fingerprint density at radius 2 is 1.47 bits per heavy atom. The van der Waals surface area contributed by atoms with E-state index in [-0.39, 0.29) is 0 Å². The van der Waals surface area contributed by atoms with Gasteiger partial charge in [0.25, 0.3) is 0 Å². The van der Waals surface area contributed by atoms with E-state index >= 15 is 0 Å². The van der Waals surface area contributed by atoms with Gasteiger partial charge in [0.1, 0.15) is 22.7 Å². The van der Waals surface area contributed by atoms with Crippen molar-refractivity contribution in [1.82, 2.24) is 4.57 Å². The number of hydrogen-bond donors (Lipinski definition) is 0. The fourth-order valence-corrected chi connectivity index (χ4v) is 8.97. The molecule has 7 aromatic carbocycles. The first-order chi connectivity index (χ1) is 29.5. The SMILES string of the molecule is C=C/C=C/c1ccc(-n2c3ccccc3c3c(-c4ccc(C5=CC(Oc6ccccc6C)=CC=CC5)cc4CCc4cccc5oc6ccccc6c45)c(C)ccc32)cc1. The third-order valence-electron chi connectivity index (χ3n) is 11.9. The van der Waals surface area contributed by atoms with Gasteiger partial charge in [-0.2, -0.15) is 0 Å². The Morgan fingerprint density at radius 3 is 2.33 bits per heavy atom. The van der Waals surface area contributed by atoms with Gasteiger partial charge in [0.15, 0.2) is 0 Å². The fourth-order valence-electron chi connectivity index (χ4n) is 8.97. The van der Waals surface area contributed by atoms with Crippen LogP contribution >= 0.6 is 0 Å². The standard InChI is InChI=1S/C57H45NO2/c1-4-5-16-40-27-32-45(33-28-40)58-50-22-11-9-20-48(50)57-51(58)35-26-39(3)55(57)47-34-31-43(42-17-7-8-19-46(37-42)59-52-23-12-6-15-38(52)2)36-44(47)30-29-41-18-14-25-54-56(41)49-21-10-13-24-53(49)60-54/h4-16,18-28,31-37H,1,17,29-30H2,2-3H3/b16-5+. The molecular formula is C57H45NO2. The third-order valence-corrected chi connectivity index (χ3v) is 11.9. The summed E-state index contributed by atoms with van der Waals surface area (Å²) in [5.74, 6) is 1.70. The number of furan rings is 1. The molecule has 2 heterocycles. The molecule has 60 heavy (non-hydrogen) atoms. The van der Waals surface area contributed by atoms with E-state index < -0.39 is 0 Å². The van der Waals surface area contributed by atoms with E-state index in [9.17, 15) is 0 Å². The number of benzene rings is 7. The van der Waals surface area contributed by atoms with Gasteiger partial charge in [0.2, 0.25) is 0 Å². The molecule has 0 saturated heterocycles. The normalized spacial score (nSPS) is 13.0. The highest BCUT2D eigenvalue weighted by molar-refractivity contribution is 6.16. The number of ether oxygens (including phenoxy) is 1. The van der Waals surface area contributed by atoms with Crippen LogP contribution in [0.4, 0.5) is 0 Å². The quantitative estimate of drug-likeness (QED) is 0.129. The predicted octanol–water partition coefficient (Wildman–Crippen LogP) is 15.3. The monoisotopic (exact) mass is 775 g/mol. The molecular weight excluding hydrogens is 731 g/mol. The molecule has 1 aliphatic carbocycles. The smallest absolute Gasteiger partial charge is 0.135 e. The van der Waals surface area contributed by atoms with E-state index in [1.54, 1.807) is 0 Å². The number of fused-ring (bicyclic) bond motifs is 6. The first-order valence-electron chi connectivity index (χ1n) is 20.8. The maximum atomic E-state index is 6.50. The van der Waals surface area contributed by atoms with Gasteiger partial charge in [-0.1, -0.05) is 140 Å². The Balaban J connectivity index is 1.14. The second-order valence-corrected chi connectivity index (χ2v) is 15.7. The molecule has 0 bridgehead atoms. The lowest BCUT2D eigenvalue weighted by atomic mass is 9.87. The number of allylic oxidation sites excluding steroid dienone is 7. The first kappa shape index (κ1) is 36.9. The van der Waals surface area contributed by atoms with Gasteiger partial charge in [-0.3, -0.25) is 0 Å². The predicted molar refractivity (Wildman–Crippen MR) is 253 cm³/mol. The van der Waals surface area contributed by atoms with Crippen molar-refractivity contribution >= 4 is 55.4 Å². The van der Waals surface area contributed by atoms with Crippen LogP contribution in [0.1, 0.15) is 39.8 Å². The van der Waals surface area contributed by atoms with Crippen molar-refractivity contribution in [2.75, 3.05) is 0 Å². The summed E-state index contributed by atoms with van der Waals surface area (Å²) in [6.45, 7) is 8.19. The van der Waals surface area contributed by atoms with E-state index in [4.69, 9.17) is 9.15 Å². The van der Waals surface area contributed by atoms with Crippen LogP contribution in [0.5, 0.6) is 5.75 Å². The third kappa shape index (κ3) is 6.78. The minimum atomic E-state index is 0.806. The Hall–Kier alpha value is -7.36. The zero-order chi connectivity index (χ0) is 40.6. The van der Waals surface area contributed by atoms with E-state index in [0.717, 1.165) is 58.8 Å². The number of nitrogens with zero attached hydrogens (tertiary/aromatic N) is 1. The van der Waals surface area contributed by atoms with Gasteiger partial charge in [0, 0.05) is 27.2 Å². The average molecular weight is 776 g/mol. The summed E-state index contributed by atoms with van der Waals surface area (Å²) in [7, 11) is 0. The molecule has 290 valence electrons. The number of rotatable bonds is 10. The topological polar surface area (TPSA) is 27.3 Å². The molecule has 0 radical (unpaired) electrons. The van der Waals surface area contributed by atoms with E-state index in [1.165, 1.54) is 71.5 Å². The van der Waals surface area contributed by atoms with Crippen LogP contribution in [0, 0.1) is 13.8 Å². The van der Waals surface area contributed by atoms with Crippen molar-refractivity contribution in [2.45, 2.75) is 33.1 Å². The molecule has 0 N–H and O–H groups in total. The van der Waals surface area contributed by atoms with Crippen molar-refractivity contribution in [3.8, 4) is 22.6 Å². The summed E-state index contributed by atoms with van der Waals surface area (Å²) >= 11 is 0. The Labute approximate surface area is 351 Å². The maximum absolute atomic E-state index is 6.50. The van der Waals surface area contributed by atoms with Gasteiger partial charge in [-0.05, 0) is 138 Å². The van der Waals surface area contributed by atoms with Crippen molar-refractivity contribution in [3.63, 3.8) is 0 Å². The zero-order valence-corrected chi connectivity index (χ0v) is 34.0. The second kappa shape index (κ2) is 15.8. The lowest BCUT2D eigenvalue weighted by Gasteiger charge is -2.18. The molecule has 10 rings (SSSR count). The van der Waals surface area contributed by atoms with Crippen LogP contribution < -0.4 is 4.74 Å². The van der Waals surface area contributed by atoms with E-state index in [1.807, 2.05) is 36.4 Å².